The van der Waals surface area contributed by atoms with E-state index in [1.54, 1.807) is 0 Å². The summed E-state index contributed by atoms with van der Waals surface area (Å²) in [5, 5.41) is 2.96. The van der Waals surface area contributed by atoms with Crippen LogP contribution in [0.2, 0.25) is 39.3 Å². The molecule has 0 fully saturated rings. The summed E-state index contributed by atoms with van der Waals surface area (Å²) >= 11 is 2.00. The fraction of sp³-hybridized carbons (Fsp3) is 0.231. The first-order valence-electron chi connectivity index (χ1n) is 20.4. The third-order valence-corrected chi connectivity index (χ3v) is 17.9. The fourth-order valence-electron chi connectivity index (χ4n) is 9.31. The van der Waals surface area contributed by atoms with Crippen LogP contribution < -0.4 is 20.2 Å². The fourth-order valence-corrected chi connectivity index (χ4v) is 13.3. The summed E-state index contributed by atoms with van der Waals surface area (Å²) in [5.74, 6) is 0. The van der Waals surface area contributed by atoms with Gasteiger partial charge in [-0.3, -0.25) is 0 Å². The number of benzene rings is 6. The Labute approximate surface area is 346 Å². The molecule has 0 unspecified atom stereocenters. The van der Waals surface area contributed by atoms with Gasteiger partial charge in [0.05, 0.1) is 16.1 Å². The van der Waals surface area contributed by atoms with Crippen LogP contribution in [-0.2, 0) is 10.8 Å². The SMILES string of the molecule is CC1(C)c2cc(N(c3ccccc3)c3ccc([Si](C)(C)C)cc3)ccc2-c2sc3c(c21)C(C)(C)c1cc(N(c2ccccc2)c2ccc([Si](C)(C)C)cc2)ccc1-3. The molecule has 7 aromatic rings. The molecule has 0 saturated carbocycles. The van der Waals surface area contributed by atoms with Crippen molar-refractivity contribution in [3.8, 4) is 20.9 Å². The number of hydrogen-bond acceptors (Lipinski definition) is 3. The average molecular weight is 795 g/mol. The topological polar surface area (TPSA) is 6.48 Å². The standard InChI is InChI=1S/C52H54N2SSi2/c1-51(2)45-33-39(53(35-17-13-11-14-18-35)37-21-27-41(28-22-37)56(5,6)7)25-31-43(45)49-47(51)48-50(55-49)44-32-26-40(34-46(44)52(48,3)4)54(36-19-15-12-16-20-36)38-23-29-42(30-24-38)57(8,9)10/h11-34H,1-10H3. The maximum Gasteiger partial charge on any atom is 0.0775 e. The molecule has 0 saturated heterocycles. The molecule has 9 rings (SSSR count). The number of para-hydroxylation sites is 2. The highest BCUT2D eigenvalue weighted by molar-refractivity contribution is 7.19. The molecule has 0 radical (unpaired) electrons. The minimum absolute atomic E-state index is 0.162. The number of hydrogen-bond donors (Lipinski definition) is 0. The Bertz CT molecular complexity index is 2440. The Balaban J connectivity index is 1.12. The van der Waals surface area contributed by atoms with Crippen molar-refractivity contribution < 1.29 is 0 Å². The van der Waals surface area contributed by atoms with Crippen LogP contribution in [0.5, 0.6) is 0 Å². The molecule has 286 valence electrons. The van der Waals surface area contributed by atoms with Gasteiger partial charge in [0.25, 0.3) is 0 Å². The highest BCUT2D eigenvalue weighted by Gasteiger charge is 2.48. The quantitative estimate of drug-likeness (QED) is 0.141. The first-order chi connectivity index (χ1) is 27.0. The third-order valence-electron chi connectivity index (χ3n) is 12.5. The number of nitrogens with zero attached hydrogens (tertiary/aromatic N) is 2. The Kier molecular flexibility index (Phi) is 8.78. The lowest BCUT2D eigenvalue weighted by atomic mass is 9.74. The predicted molar refractivity (Wildman–Crippen MR) is 255 cm³/mol. The Hall–Kier alpha value is -4.95. The van der Waals surface area contributed by atoms with Crippen molar-refractivity contribution in [3.05, 3.63) is 168 Å². The van der Waals surface area contributed by atoms with Gasteiger partial charge in [0.1, 0.15) is 0 Å². The van der Waals surface area contributed by atoms with Gasteiger partial charge in [-0.1, -0.05) is 150 Å². The van der Waals surface area contributed by atoms with E-state index in [1.807, 2.05) is 11.3 Å². The monoisotopic (exact) mass is 794 g/mol. The predicted octanol–water partition coefficient (Wildman–Crippen LogP) is 14.4. The summed E-state index contributed by atoms with van der Waals surface area (Å²) in [4.78, 5) is 7.74. The molecule has 0 atom stereocenters. The third kappa shape index (κ3) is 6.17. The van der Waals surface area contributed by atoms with Crippen LogP contribution in [0.25, 0.3) is 20.9 Å². The van der Waals surface area contributed by atoms with Crippen molar-refractivity contribution >= 4 is 72.0 Å². The molecule has 0 aliphatic heterocycles. The second-order valence-electron chi connectivity index (χ2n) is 19.2. The van der Waals surface area contributed by atoms with Crippen LogP contribution in [0.3, 0.4) is 0 Å². The van der Waals surface area contributed by atoms with Gasteiger partial charge in [-0.05, 0) is 106 Å². The van der Waals surface area contributed by atoms with Gasteiger partial charge < -0.3 is 9.80 Å². The summed E-state index contributed by atoms with van der Waals surface area (Å²) in [7, 11) is -2.84. The van der Waals surface area contributed by atoms with Crippen LogP contribution in [0, 0.1) is 0 Å². The lowest BCUT2D eigenvalue weighted by molar-refractivity contribution is 0.603. The normalized spacial score (nSPS) is 14.8. The molecule has 2 aliphatic carbocycles. The summed E-state index contributed by atoms with van der Waals surface area (Å²) in [6, 6.07) is 54.8. The highest BCUT2D eigenvalue weighted by Crippen LogP contribution is 2.64. The molecule has 57 heavy (non-hydrogen) atoms. The summed E-state index contributed by atoms with van der Waals surface area (Å²) in [5.41, 5.74) is 15.4. The van der Waals surface area contributed by atoms with Crippen molar-refractivity contribution in [2.45, 2.75) is 77.8 Å². The van der Waals surface area contributed by atoms with Crippen LogP contribution in [0.1, 0.15) is 49.9 Å². The molecule has 0 spiro atoms. The van der Waals surface area contributed by atoms with E-state index in [1.165, 1.54) is 87.6 Å². The van der Waals surface area contributed by atoms with Crippen molar-refractivity contribution in [2.24, 2.45) is 0 Å². The first-order valence-corrected chi connectivity index (χ1v) is 28.3. The molecular formula is C52H54N2SSi2. The van der Waals surface area contributed by atoms with E-state index in [0.717, 1.165) is 0 Å². The van der Waals surface area contributed by atoms with E-state index in [4.69, 9.17) is 0 Å². The van der Waals surface area contributed by atoms with Gasteiger partial charge >= 0.3 is 0 Å². The molecule has 0 amide bonds. The zero-order valence-corrected chi connectivity index (χ0v) is 38.0. The van der Waals surface area contributed by atoms with E-state index in [0.29, 0.717) is 0 Å². The molecule has 2 nitrogen and oxygen atoms in total. The molecule has 0 N–H and O–H groups in total. The number of rotatable bonds is 8. The van der Waals surface area contributed by atoms with Gasteiger partial charge in [0, 0.05) is 54.7 Å². The minimum atomic E-state index is -1.42. The Morgan fingerprint density at radius 2 is 0.702 bits per heavy atom. The molecule has 1 aromatic heterocycles. The molecule has 2 aliphatic rings. The Morgan fingerprint density at radius 3 is 1.04 bits per heavy atom. The molecule has 6 aromatic carbocycles. The van der Waals surface area contributed by atoms with Crippen molar-refractivity contribution in [1.29, 1.82) is 0 Å². The van der Waals surface area contributed by atoms with E-state index < -0.39 is 16.1 Å². The van der Waals surface area contributed by atoms with Crippen molar-refractivity contribution in [3.63, 3.8) is 0 Å². The van der Waals surface area contributed by atoms with Gasteiger partial charge in [0.2, 0.25) is 0 Å². The van der Waals surface area contributed by atoms with Crippen molar-refractivity contribution in [1.82, 2.24) is 0 Å². The van der Waals surface area contributed by atoms with Gasteiger partial charge in [-0.25, -0.2) is 0 Å². The Morgan fingerprint density at radius 1 is 0.386 bits per heavy atom. The second-order valence-corrected chi connectivity index (χ2v) is 30.3. The van der Waals surface area contributed by atoms with Crippen LogP contribution in [0.4, 0.5) is 34.1 Å². The average Bonchev–Trinajstić information content (AvgIpc) is 3.76. The first kappa shape index (κ1) is 37.6. The molecule has 5 heteroatoms. The van der Waals surface area contributed by atoms with Gasteiger partial charge in [0.15, 0.2) is 0 Å². The van der Waals surface area contributed by atoms with Gasteiger partial charge in [-0.2, -0.15) is 0 Å². The largest absolute Gasteiger partial charge is 0.310 e. The molecule has 0 bridgehead atoms. The lowest BCUT2D eigenvalue weighted by Gasteiger charge is -2.31. The van der Waals surface area contributed by atoms with Crippen LogP contribution >= 0.6 is 11.3 Å². The highest BCUT2D eigenvalue weighted by atomic mass is 32.1. The number of fused-ring (bicyclic) bond motifs is 7. The maximum atomic E-state index is 2.48. The van der Waals surface area contributed by atoms with E-state index in [9.17, 15) is 0 Å². The smallest absolute Gasteiger partial charge is 0.0775 e. The minimum Gasteiger partial charge on any atom is -0.310 e. The van der Waals surface area contributed by atoms with E-state index in [2.05, 4.69) is 222 Å². The molecule has 1 heterocycles. The van der Waals surface area contributed by atoms with E-state index in [-0.39, 0.29) is 10.8 Å². The summed E-state index contributed by atoms with van der Waals surface area (Å²) in [6.45, 7) is 24.3. The summed E-state index contributed by atoms with van der Waals surface area (Å²) < 4.78 is 0. The van der Waals surface area contributed by atoms with Crippen LogP contribution in [0.15, 0.2) is 146 Å². The maximum absolute atomic E-state index is 2.48. The number of thiophene rings is 1. The second kappa shape index (κ2) is 13.3. The van der Waals surface area contributed by atoms with Gasteiger partial charge in [-0.15, -0.1) is 11.3 Å². The van der Waals surface area contributed by atoms with E-state index >= 15 is 0 Å². The van der Waals surface area contributed by atoms with Crippen LogP contribution in [-0.4, -0.2) is 16.1 Å². The lowest BCUT2D eigenvalue weighted by Crippen LogP contribution is -2.37. The number of anilines is 6. The van der Waals surface area contributed by atoms with Crippen molar-refractivity contribution in [2.75, 3.05) is 9.80 Å². The molecular weight excluding hydrogens is 741 g/mol. The summed E-state index contributed by atoms with van der Waals surface area (Å²) in [6.07, 6.45) is 0. The zero-order valence-electron chi connectivity index (χ0n) is 35.2. The zero-order chi connectivity index (χ0) is 40.1.